The maximum absolute atomic E-state index is 12.1. The minimum atomic E-state index is -4.30. The lowest BCUT2D eigenvalue weighted by molar-refractivity contribution is -0.176. The fraction of sp³-hybridized carbons (Fsp3) is 0.421. The first kappa shape index (κ1) is 20.8. The SMILES string of the molecule is CN=C(NCc1ccc(COCC(F)(F)F)cc1)N(C)Cc1cccn1C. The van der Waals surface area contributed by atoms with E-state index in [4.69, 9.17) is 0 Å². The van der Waals surface area contributed by atoms with Crippen molar-refractivity contribution in [3.8, 4) is 0 Å². The first-order valence-corrected chi connectivity index (χ1v) is 8.53. The summed E-state index contributed by atoms with van der Waals surface area (Å²) in [6, 6.07) is 11.3. The van der Waals surface area contributed by atoms with Crippen molar-refractivity contribution in [3.63, 3.8) is 0 Å². The number of rotatable bonds is 7. The third-order valence-electron chi connectivity index (χ3n) is 4.03. The topological polar surface area (TPSA) is 41.8 Å². The molecule has 0 radical (unpaired) electrons. The van der Waals surface area contributed by atoms with Crippen LogP contribution in [0, 0.1) is 0 Å². The van der Waals surface area contributed by atoms with Crippen molar-refractivity contribution in [3.05, 3.63) is 59.4 Å². The van der Waals surface area contributed by atoms with E-state index in [0.29, 0.717) is 12.1 Å². The van der Waals surface area contributed by atoms with Crippen LogP contribution in [0.1, 0.15) is 16.8 Å². The number of halogens is 3. The molecule has 0 unspecified atom stereocenters. The number of hydrogen-bond donors (Lipinski definition) is 1. The van der Waals surface area contributed by atoms with Gasteiger partial charge >= 0.3 is 6.18 Å². The predicted molar refractivity (Wildman–Crippen MR) is 99.2 cm³/mol. The molecule has 0 aliphatic carbocycles. The molecule has 8 heteroatoms. The highest BCUT2D eigenvalue weighted by molar-refractivity contribution is 5.79. The highest BCUT2D eigenvalue weighted by Gasteiger charge is 2.27. The maximum Gasteiger partial charge on any atom is 0.411 e. The highest BCUT2D eigenvalue weighted by Crippen LogP contribution is 2.16. The molecule has 1 N–H and O–H groups in total. The van der Waals surface area contributed by atoms with Gasteiger partial charge in [-0.3, -0.25) is 4.99 Å². The summed E-state index contributed by atoms with van der Waals surface area (Å²) in [6.07, 6.45) is -2.30. The van der Waals surface area contributed by atoms with Gasteiger partial charge in [0.15, 0.2) is 5.96 Å². The van der Waals surface area contributed by atoms with Gasteiger partial charge in [0.1, 0.15) is 6.61 Å². The molecule has 27 heavy (non-hydrogen) atoms. The van der Waals surface area contributed by atoms with E-state index in [1.54, 1.807) is 19.2 Å². The predicted octanol–water partition coefficient (Wildman–Crippen LogP) is 3.31. The summed E-state index contributed by atoms with van der Waals surface area (Å²) in [5.74, 6) is 0.758. The number of aryl methyl sites for hydroxylation is 1. The fourth-order valence-electron chi connectivity index (χ4n) is 2.58. The largest absolute Gasteiger partial charge is 0.411 e. The van der Waals surface area contributed by atoms with Crippen LogP contribution < -0.4 is 5.32 Å². The monoisotopic (exact) mass is 382 g/mol. The third-order valence-corrected chi connectivity index (χ3v) is 4.03. The number of nitrogens with zero attached hydrogens (tertiary/aromatic N) is 3. The molecule has 0 bridgehead atoms. The van der Waals surface area contributed by atoms with Crippen molar-refractivity contribution in [2.45, 2.75) is 25.9 Å². The number of ether oxygens (including phenoxy) is 1. The standard InChI is InChI=1S/C19H25F3N4O/c1-23-18(26(3)12-17-5-4-10-25(17)2)24-11-15-6-8-16(9-7-15)13-27-14-19(20,21)22/h4-10H,11-14H2,1-3H3,(H,23,24). The molecular weight excluding hydrogens is 357 g/mol. The molecule has 0 spiro atoms. The number of nitrogens with one attached hydrogen (secondary N) is 1. The van der Waals surface area contributed by atoms with E-state index in [9.17, 15) is 13.2 Å². The van der Waals surface area contributed by atoms with Gasteiger partial charge in [-0.05, 0) is 23.3 Å². The summed E-state index contributed by atoms with van der Waals surface area (Å²) in [4.78, 5) is 6.31. The van der Waals surface area contributed by atoms with Crippen molar-refractivity contribution >= 4 is 5.96 Å². The second kappa shape index (κ2) is 9.45. The number of aromatic nitrogens is 1. The molecule has 0 aliphatic heterocycles. The minimum Gasteiger partial charge on any atom is -0.367 e. The minimum absolute atomic E-state index is 0.0612. The first-order valence-electron chi connectivity index (χ1n) is 8.53. The summed E-state index contributed by atoms with van der Waals surface area (Å²) in [6.45, 7) is -0.0130. The van der Waals surface area contributed by atoms with Gasteiger partial charge in [0, 0.05) is 39.6 Å². The van der Waals surface area contributed by atoms with Crippen molar-refractivity contribution in [2.24, 2.45) is 12.0 Å². The van der Waals surface area contributed by atoms with E-state index in [1.807, 2.05) is 43.4 Å². The highest BCUT2D eigenvalue weighted by atomic mass is 19.4. The zero-order valence-electron chi connectivity index (χ0n) is 15.8. The molecule has 148 valence electrons. The van der Waals surface area contributed by atoms with Crippen LogP contribution in [0.25, 0.3) is 0 Å². The van der Waals surface area contributed by atoms with Gasteiger partial charge in [0.25, 0.3) is 0 Å². The van der Waals surface area contributed by atoms with Crippen molar-refractivity contribution in [2.75, 3.05) is 20.7 Å². The third kappa shape index (κ3) is 6.97. The fourth-order valence-corrected chi connectivity index (χ4v) is 2.58. The molecule has 1 aromatic heterocycles. The van der Waals surface area contributed by atoms with Crippen LogP contribution in [-0.4, -0.2) is 42.3 Å². The summed E-state index contributed by atoms with van der Waals surface area (Å²) in [5, 5.41) is 3.29. The van der Waals surface area contributed by atoms with Crippen LogP contribution in [0.3, 0.4) is 0 Å². The summed E-state index contributed by atoms with van der Waals surface area (Å²) in [7, 11) is 5.69. The van der Waals surface area contributed by atoms with Gasteiger partial charge in [0.2, 0.25) is 0 Å². The lowest BCUT2D eigenvalue weighted by atomic mass is 10.1. The van der Waals surface area contributed by atoms with Crippen LogP contribution in [0.5, 0.6) is 0 Å². The normalized spacial score (nSPS) is 12.3. The average molecular weight is 382 g/mol. The summed E-state index contributed by atoms with van der Waals surface area (Å²) in [5.41, 5.74) is 2.87. The lowest BCUT2D eigenvalue weighted by Gasteiger charge is -2.22. The second-order valence-electron chi connectivity index (χ2n) is 6.29. The van der Waals surface area contributed by atoms with Crippen molar-refractivity contribution < 1.29 is 17.9 Å². The van der Waals surface area contributed by atoms with Gasteiger partial charge in [0.05, 0.1) is 13.2 Å². The molecule has 0 amide bonds. The molecular formula is C19H25F3N4O. The first-order chi connectivity index (χ1) is 12.8. The Bertz CT molecular complexity index is 738. The van der Waals surface area contributed by atoms with Crippen LogP contribution in [0.4, 0.5) is 13.2 Å². The molecule has 1 aromatic carbocycles. The number of aliphatic imine (C=N–C) groups is 1. The Hall–Kier alpha value is -2.48. The summed E-state index contributed by atoms with van der Waals surface area (Å²) >= 11 is 0. The van der Waals surface area contributed by atoms with Crippen molar-refractivity contribution in [1.29, 1.82) is 0 Å². The smallest absolute Gasteiger partial charge is 0.367 e. The van der Waals surface area contributed by atoms with Crippen LogP contribution >= 0.6 is 0 Å². The van der Waals surface area contributed by atoms with Gasteiger partial charge in [-0.15, -0.1) is 0 Å². The Morgan fingerprint density at radius 1 is 1.19 bits per heavy atom. The van der Waals surface area contributed by atoms with E-state index < -0.39 is 12.8 Å². The summed E-state index contributed by atoms with van der Waals surface area (Å²) < 4.78 is 43.0. The molecule has 5 nitrogen and oxygen atoms in total. The zero-order chi connectivity index (χ0) is 19.9. The van der Waals surface area contributed by atoms with E-state index >= 15 is 0 Å². The molecule has 0 saturated heterocycles. The van der Waals surface area contributed by atoms with Crippen LogP contribution in [0.2, 0.25) is 0 Å². The molecule has 0 atom stereocenters. The van der Waals surface area contributed by atoms with E-state index in [0.717, 1.165) is 18.1 Å². The number of hydrogen-bond acceptors (Lipinski definition) is 2. The average Bonchev–Trinajstić information content (AvgIpc) is 3.00. The number of guanidine groups is 1. The van der Waals surface area contributed by atoms with Gasteiger partial charge in [-0.25, -0.2) is 0 Å². The van der Waals surface area contributed by atoms with Gasteiger partial charge in [-0.1, -0.05) is 24.3 Å². The van der Waals surface area contributed by atoms with Crippen LogP contribution in [-0.2, 0) is 31.5 Å². The Labute approximate surface area is 157 Å². The van der Waals surface area contributed by atoms with Gasteiger partial charge in [-0.2, -0.15) is 13.2 Å². The molecule has 1 heterocycles. The Morgan fingerprint density at radius 3 is 2.41 bits per heavy atom. The quantitative estimate of drug-likeness (QED) is 0.590. The van der Waals surface area contributed by atoms with Crippen molar-refractivity contribution in [1.82, 2.24) is 14.8 Å². The van der Waals surface area contributed by atoms with Crippen LogP contribution in [0.15, 0.2) is 47.6 Å². The molecule has 2 rings (SSSR count). The maximum atomic E-state index is 12.1. The molecule has 0 aliphatic rings. The molecule has 2 aromatic rings. The van der Waals surface area contributed by atoms with E-state index in [-0.39, 0.29) is 6.61 Å². The molecule has 0 fully saturated rings. The van der Waals surface area contributed by atoms with E-state index in [2.05, 4.69) is 25.7 Å². The Morgan fingerprint density at radius 2 is 1.85 bits per heavy atom. The number of benzene rings is 1. The van der Waals surface area contributed by atoms with Gasteiger partial charge < -0.3 is 19.5 Å². The molecule has 0 saturated carbocycles. The Kier molecular flexibility index (Phi) is 7.29. The zero-order valence-corrected chi connectivity index (χ0v) is 15.8. The number of alkyl halides is 3. The second-order valence-corrected chi connectivity index (χ2v) is 6.29. The lowest BCUT2D eigenvalue weighted by Crippen LogP contribution is -2.38. The van der Waals surface area contributed by atoms with E-state index in [1.165, 1.54) is 5.69 Å². The Balaban J connectivity index is 1.82.